The number of aliphatic imine (C=N–C) groups is 1. The first-order chi connectivity index (χ1) is 14.3. The van der Waals surface area contributed by atoms with Gasteiger partial charge in [0, 0.05) is 65.6 Å². The second kappa shape index (κ2) is 11.5. The lowest BCUT2D eigenvalue weighted by Crippen LogP contribution is -2.52. The lowest BCUT2D eigenvalue weighted by molar-refractivity contribution is 0.172. The topological polar surface area (TPSA) is 47.0 Å². The van der Waals surface area contributed by atoms with Crippen LogP contribution in [0.25, 0.3) is 0 Å². The zero-order valence-electron chi connectivity index (χ0n) is 17.8. The molecule has 6 nitrogen and oxygen atoms in total. The number of guanidine groups is 1. The lowest BCUT2D eigenvalue weighted by Gasteiger charge is -2.36. The molecule has 162 valence electrons. The van der Waals surface area contributed by atoms with Gasteiger partial charge in [0.25, 0.3) is 0 Å². The first-order valence-corrected chi connectivity index (χ1v) is 10.7. The van der Waals surface area contributed by atoms with E-state index in [1.807, 2.05) is 13.2 Å². The van der Waals surface area contributed by atoms with Crippen LogP contribution in [-0.4, -0.2) is 67.1 Å². The SMILES string of the molecule is CN=C(NCc1ccc(N2CCCC2)nc1)N1CCN(Cc2ccccc2)CC1.I. The second-order valence-corrected chi connectivity index (χ2v) is 7.87. The van der Waals surface area contributed by atoms with Crippen LogP contribution in [0.4, 0.5) is 5.82 Å². The van der Waals surface area contributed by atoms with Crippen LogP contribution in [0.15, 0.2) is 53.7 Å². The highest BCUT2D eigenvalue weighted by molar-refractivity contribution is 14.0. The number of piperazine rings is 1. The molecule has 2 aliphatic heterocycles. The van der Waals surface area contributed by atoms with Crippen LogP contribution in [0.3, 0.4) is 0 Å². The van der Waals surface area contributed by atoms with Gasteiger partial charge in [-0.2, -0.15) is 0 Å². The average molecular weight is 520 g/mol. The van der Waals surface area contributed by atoms with Crippen LogP contribution in [0.5, 0.6) is 0 Å². The molecule has 0 amide bonds. The van der Waals surface area contributed by atoms with E-state index in [1.165, 1.54) is 24.0 Å². The number of hydrogen-bond donors (Lipinski definition) is 1. The average Bonchev–Trinajstić information content (AvgIpc) is 3.31. The summed E-state index contributed by atoms with van der Waals surface area (Å²) in [4.78, 5) is 16.4. The van der Waals surface area contributed by atoms with Crippen LogP contribution in [-0.2, 0) is 13.1 Å². The number of anilines is 1. The Balaban J connectivity index is 0.00000256. The van der Waals surface area contributed by atoms with Crippen molar-refractivity contribution in [1.82, 2.24) is 20.1 Å². The van der Waals surface area contributed by atoms with E-state index in [1.54, 1.807) is 0 Å². The Morgan fingerprint density at radius 2 is 1.67 bits per heavy atom. The molecule has 2 saturated heterocycles. The van der Waals surface area contributed by atoms with Gasteiger partial charge >= 0.3 is 0 Å². The Labute approximate surface area is 197 Å². The van der Waals surface area contributed by atoms with E-state index in [0.717, 1.165) is 64.1 Å². The van der Waals surface area contributed by atoms with Crippen LogP contribution >= 0.6 is 24.0 Å². The van der Waals surface area contributed by atoms with Gasteiger partial charge in [-0.3, -0.25) is 9.89 Å². The standard InChI is InChI=1S/C23H32N6.HI/c1-24-23(26-18-21-9-10-22(25-17-21)28-11-5-6-12-28)29-15-13-27(14-16-29)19-20-7-3-2-4-8-20;/h2-4,7-10,17H,5-6,11-16,18-19H2,1H3,(H,24,26);1H. The van der Waals surface area contributed by atoms with E-state index in [2.05, 4.69) is 72.5 Å². The third-order valence-corrected chi connectivity index (χ3v) is 5.82. The van der Waals surface area contributed by atoms with Crippen molar-refractivity contribution in [3.05, 3.63) is 59.8 Å². The highest BCUT2D eigenvalue weighted by Crippen LogP contribution is 2.17. The first-order valence-electron chi connectivity index (χ1n) is 10.7. The van der Waals surface area contributed by atoms with Gasteiger partial charge in [-0.25, -0.2) is 4.98 Å². The number of halogens is 1. The summed E-state index contributed by atoms with van der Waals surface area (Å²) < 4.78 is 0. The quantitative estimate of drug-likeness (QED) is 0.373. The maximum atomic E-state index is 4.65. The van der Waals surface area contributed by atoms with Gasteiger partial charge in [0.1, 0.15) is 5.82 Å². The molecule has 1 N–H and O–H groups in total. The predicted octanol–water partition coefficient (Wildman–Crippen LogP) is 3.19. The Morgan fingerprint density at radius 1 is 0.933 bits per heavy atom. The molecular formula is C23H33IN6. The van der Waals surface area contributed by atoms with Crippen LogP contribution in [0.2, 0.25) is 0 Å². The predicted molar refractivity (Wildman–Crippen MR) is 135 cm³/mol. The molecule has 0 unspecified atom stereocenters. The van der Waals surface area contributed by atoms with Gasteiger partial charge in [-0.1, -0.05) is 36.4 Å². The van der Waals surface area contributed by atoms with Crippen molar-refractivity contribution >= 4 is 35.8 Å². The van der Waals surface area contributed by atoms with E-state index in [0.29, 0.717) is 0 Å². The van der Waals surface area contributed by atoms with Gasteiger partial charge in [0.2, 0.25) is 0 Å². The van der Waals surface area contributed by atoms with E-state index < -0.39 is 0 Å². The Hall–Kier alpha value is -1.87. The summed E-state index contributed by atoms with van der Waals surface area (Å²) in [5.41, 5.74) is 2.57. The number of aromatic nitrogens is 1. The summed E-state index contributed by atoms with van der Waals surface area (Å²) in [6, 6.07) is 15.0. The second-order valence-electron chi connectivity index (χ2n) is 7.87. The molecule has 30 heavy (non-hydrogen) atoms. The maximum absolute atomic E-state index is 4.65. The first kappa shape index (κ1) is 22.8. The number of hydrogen-bond acceptors (Lipinski definition) is 4. The van der Waals surface area contributed by atoms with Crippen LogP contribution in [0.1, 0.15) is 24.0 Å². The Kier molecular flexibility index (Phi) is 8.74. The minimum atomic E-state index is 0. The van der Waals surface area contributed by atoms with Gasteiger partial charge in [0.05, 0.1) is 0 Å². The largest absolute Gasteiger partial charge is 0.357 e. The van der Waals surface area contributed by atoms with Crippen molar-refractivity contribution < 1.29 is 0 Å². The molecular weight excluding hydrogens is 487 g/mol. The van der Waals surface area contributed by atoms with Crippen molar-refractivity contribution in [2.45, 2.75) is 25.9 Å². The van der Waals surface area contributed by atoms with Gasteiger partial charge < -0.3 is 15.1 Å². The summed E-state index contributed by atoms with van der Waals surface area (Å²) in [5.74, 6) is 2.08. The smallest absolute Gasteiger partial charge is 0.194 e. The fraction of sp³-hybridized carbons (Fsp3) is 0.478. The molecule has 2 aliphatic rings. The molecule has 0 bridgehead atoms. The number of pyridine rings is 1. The van der Waals surface area contributed by atoms with E-state index >= 15 is 0 Å². The summed E-state index contributed by atoms with van der Waals surface area (Å²) in [6.07, 6.45) is 4.55. The zero-order valence-corrected chi connectivity index (χ0v) is 20.2. The monoisotopic (exact) mass is 520 g/mol. The molecule has 2 fully saturated rings. The summed E-state index contributed by atoms with van der Waals surface area (Å²) in [7, 11) is 1.87. The number of nitrogens with one attached hydrogen (secondary N) is 1. The van der Waals surface area contributed by atoms with Crippen LogP contribution < -0.4 is 10.2 Å². The van der Waals surface area contributed by atoms with Gasteiger partial charge in [-0.05, 0) is 30.0 Å². The Bertz CT molecular complexity index is 781. The molecule has 2 aromatic rings. The maximum Gasteiger partial charge on any atom is 0.194 e. The van der Waals surface area contributed by atoms with E-state index in [-0.39, 0.29) is 24.0 Å². The van der Waals surface area contributed by atoms with Crippen molar-refractivity contribution in [1.29, 1.82) is 0 Å². The molecule has 4 rings (SSSR count). The fourth-order valence-corrected chi connectivity index (χ4v) is 4.13. The zero-order chi connectivity index (χ0) is 19.9. The van der Waals surface area contributed by atoms with E-state index in [4.69, 9.17) is 0 Å². The van der Waals surface area contributed by atoms with Crippen molar-refractivity contribution in [3.63, 3.8) is 0 Å². The number of benzene rings is 1. The molecule has 7 heteroatoms. The number of nitrogens with zero attached hydrogens (tertiary/aromatic N) is 5. The highest BCUT2D eigenvalue weighted by atomic mass is 127. The van der Waals surface area contributed by atoms with Crippen molar-refractivity contribution in [3.8, 4) is 0 Å². The summed E-state index contributed by atoms with van der Waals surface area (Å²) >= 11 is 0. The third-order valence-electron chi connectivity index (χ3n) is 5.82. The van der Waals surface area contributed by atoms with E-state index in [9.17, 15) is 0 Å². The normalized spacial score (nSPS) is 17.7. The molecule has 0 saturated carbocycles. The van der Waals surface area contributed by atoms with Gasteiger partial charge in [-0.15, -0.1) is 24.0 Å². The summed E-state index contributed by atoms with van der Waals surface area (Å²) in [6.45, 7) is 8.15. The lowest BCUT2D eigenvalue weighted by atomic mass is 10.2. The van der Waals surface area contributed by atoms with Gasteiger partial charge in [0.15, 0.2) is 5.96 Å². The molecule has 0 spiro atoms. The minimum absolute atomic E-state index is 0. The molecule has 1 aromatic heterocycles. The highest BCUT2D eigenvalue weighted by Gasteiger charge is 2.19. The minimum Gasteiger partial charge on any atom is -0.357 e. The Morgan fingerprint density at radius 3 is 2.30 bits per heavy atom. The van der Waals surface area contributed by atoms with Crippen LogP contribution in [0, 0.1) is 0 Å². The molecule has 1 aromatic carbocycles. The summed E-state index contributed by atoms with van der Waals surface area (Å²) in [5, 5.41) is 3.51. The van der Waals surface area contributed by atoms with Crippen molar-refractivity contribution in [2.75, 3.05) is 51.2 Å². The third kappa shape index (κ3) is 6.07. The molecule has 3 heterocycles. The molecule has 0 aliphatic carbocycles. The fourth-order valence-electron chi connectivity index (χ4n) is 4.13. The number of rotatable bonds is 5. The molecule has 0 atom stereocenters. The molecule has 0 radical (unpaired) electrons. The van der Waals surface area contributed by atoms with Crippen molar-refractivity contribution in [2.24, 2.45) is 4.99 Å².